The molecule has 15 rings (SSSR count). The molecule has 0 radical (unpaired) electrons. The fraction of sp³-hybridized carbons (Fsp3) is 0. The van der Waals surface area contributed by atoms with Gasteiger partial charge in [0.15, 0.2) is 0 Å². The van der Waals surface area contributed by atoms with E-state index in [1.807, 2.05) is 42.5 Å². The fourth-order valence-electron chi connectivity index (χ4n) is 11.2. The molecular weight excluding hydrogens is 909 g/mol. The van der Waals surface area contributed by atoms with Gasteiger partial charge in [0.1, 0.15) is 42.6 Å². The van der Waals surface area contributed by atoms with Gasteiger partial charge in [0.25, 0.3) is 0 Å². The molecule has 0 amide bonds. The highest BCUT2D eigenvalue weighted by Crippen LogP contribution is 2.55. The van der Waals surface area contributed by atoms with Crippen LogP contribution in [0.5, 0.6) is 23.0 Å². The van der Waals surface area contributed by atoms with Gasteiger partial charge >= 0.3 is 0 Å². The standard InChI is InChI=1S/C60H34N2O6S2/c63-69(64)57-23-11-9-21-53(57)68-56-32-45-39-27-25-35(62-51-20-8-5-17-42(51)48-30-36(26-28-52(48)62)61-49-18-6-3-15-40(49)41-16-4-7-19-50(41)61)29-43(39)47-34-60-55(67-54-22-10-12-24-58(54)70(60,65)66)31-44(47)37-13-1-2-14-38(37)46(45)33-59(56)69/h1-34H. The molecule has 0 fully saturated rings. The van der Waals surface area contributed by atoms with Crippen LogP contribution in [0.1, 0.15) is 0 Å². The van der Waals surface area contributed by atoms with Crippen LogP contribution < -0.4 is 9.47 Å². The summed E-state index contributed by atoms with van der Waals surface area (Å²) in [4.78, 5) is 0.339. The van der Waals surface area contributed by atoms with Crippen LogP contribution in [0.3, 0.4) is 0 Å². The van der Waals surface area contributed by atoms with Gasteiger partial charge in [-0.1, -0.05) is 109 Å². The largest absolute Gasteiger partial charge is 0.455 e. The first kappa shape index (κ1) is 39.3. The molecule has 0 saturated carbocycles. The number of benzene rings is 10. The molecule has 12 aromatic rings. The highest BCUT2D eigenvalue weighted by atomic mass is 32.2. The third kappa shape index (κ3) is 5.28. The van der Waals surface area contributed by atoms with E-state index in [9.17, 15) is 16.8 Å². The second-order valence-corrected chi connectivity index (χ2v) is 21.8. The van der Waals surface area contributed by atoms with Crippen molar-refractivity contribution in [1.29, 1.82) is 0 Å². The van der Waals surface area contributed by atoms with Gasteiger partial charge in [-0.3, -0.25) is 0 Å². The zero-order chi connectivity index (χ0) is 46.6. The summed E-state index contributed by atoms with van der Waals surface area (Å²) in [6.07, 6.45) is 0. The van der Waals surface area contributed by atoms with Crippen molar-refractivity contribution in [3.05, 3.63) is 206 Å². The van der Waals surface area contributed by atoms with Crippen LogP contribution in [0.15, 0.2) is 226 Å². The lowest BCUT2D eigenvalue weighted by molar-refractivity contribution is 0.442. The quantitative estimate of drug-likeness (QED) is 0.171. The molecule has 8 nitrogen and oxygen atoms in total. The van der Waals surface area contributed by atoms with Crippen LogP contribution in [0.2, 0.25) is 0 Å². The lowest BCUT2D eigenvalue weighted by Gasteiger charge is -2.28. The summed E-state index contributed by atoms with van der Waals surface area (Å²) in [5, 5.41) is 4.53. The SMILES string of the molecule is O=S1(=O)c2ccccc2Oc2cc3c(cc21)-c1ccccc1-c1cc2c(cc1-c1cc(-n4c5ccccc5c5cc(-n6c7ccccc7c7ccccc76)ccc54)ccc1-3)S(=O)(=O)c1ccccc1O2. The molecule has 10 aromatic carbocycles. The number of rotatable bonds is 2. The molecule has 10 heteroatoms. The minimum atomic E-state index is -4.03. The summed E-state index contributed by atoms with van der Waals surface area (Å²) >= 11 is 0. The van der Waals surface area contributed by atoms with Crippen molar-refractivity contribution in [3.8, 4) is 78.9 Å². The highest BCUT2D eigenvalue weighted by molar-refractivity contribution is 7.92. The molecule has 0 N–H and O–H groups in total. The van der Waals surface area contributed by atoms with Gasteiger partial charge in [-0.15, -0.1) is 0 Å². The molecule has 2 aliphatic heterocycles. The monoisotopic (exact) mass is 942 g/mol. The van der Waals surface area contributed by atoms with Crippen molar-refractivity contribution in [3.63, 3.8) is 0 Å². The Balaban J connectivity index is 1.02. The van der Waals surface area contributed by atoms with Crippen molar-refractivity contribution < 1.29 is 26.3 Å². The first-order chi connectivity index (χ1) is 34.2. The Hall–Kier alpha value is -8.70. The average Bonchev–Trinajstić information content (AvgIpc) is 3.90. The summed E-state index contributed by atoms with van der Waals surface area (Å²) in [7, 11) is -8.01. The van der Waals surface area contributed by atoms with E-state index in [4.69, 9.17) is 9.47 Å². The number of hydrogen-bond donors (Lipinski definition) is 0. The zero-order valence-corrected chi connectivity index (χ0v) is 38.4. The molecule has 0 unspecified atom stereocenters. The number of para-hydroxylation sites is 5. The average molecular weight is 943 g/mol. The predicted molar refractivity (Wildman–Crippen MR) is 274 cm³/mol. The van der Waals surface area contributed by atoms with Gasteiger partial charge in [-0.05, 0) is 142 Å². The van der Waals surface area contributed by atoms with Crippen LogP contribution in [-0.2, 0) is 19.7 Å². The summed E-state index contributed by atoms with van der Waals surface area (Å²) in [6.45, 7) is 0. The molecule has 70 heavy (non-hydrogen) atoms. The number of sulfone groups is 2. The van der Waals surface area contributed by atoms with Gasteiger partial charge in [-0.25, -0.2) is 16.8 Å². The lowest BCUT2D eigenvalue weighted by atomic mass is 9.80. The summed E-state index contributed by atoms with van der Waals surface area (Å²) in [5.41, 5.74) is 12.0. The first-order valence-electron chi connectivity index (χ1n) is 22.9. The molecule has 1 aliphatic carbocycles. The van der Waals surface area contributed by atoms with Crippen molar-refractivity contribution >= 4 is 63.3 Å². The smallest absolute Gasteiger partial charge is 0.213 e. The molecule has 332 valence electrons. The minimum absolute atomic E-state index is 0.0607. The van der Waals surface area contributed by atoms with Crippen molar-refractivity contribution in [1.82, 2.24) is 9.13 Å². The molecule has 0 atom stereocenters. The van der Waals surface area contributed by atoms with E-state index in [2.05, 4.69) is 112 Å². The Bertz CT molecular complexity index is 4510. The topological polar surface area (TPSA) is 96.6 Å². The van der Waals surface area contributed by atoms with Crippen LogP contribution >= 0.6 is 0 Å². The third-order valence-electron chi connectivity index (χ3n) is 14.3. The second kappa shape index (κ2) is 13.9. The van der Waals surface area contributed by atoms with Crippen molar-refractivity contribution in [2.75, 3.05) is 0 Å². The molecular formula is C60H34N2O6S2. The summed E-state index contributed by atoms with van der Waals surface area (Å²) in [5.74, 6) is 0.939. The van der Waals surface area contributed by atoms with E-state index in [0.29, 0.717) is 11.1 Å². The molecule has 2 aromatic heterocycles. The van der Waals surface area contributed by atoms with Crippen molar-refractivity contribution in [2.45, 2.75) is 19.6 Å². The maximum atomic E-state index is 14.7. The fourth-order valence-corrected chi connectivity index (χ4v) is 14.3. The van der Waals surface area contributed by atoms with Gasteiger partial charge in [0.05, 0.1) is 22.1 Å². The van der Waals surface area contributed by atoms with E-state index in [1.165, 1.54) is 10.8 Å². The van der Waals surface area contributed by atoms with Gasteiger partial charge in [0.2, 0.25) is 19.7 Å². The lowest BCUT2D eigenvalue weighted by Crippen LogP contribution is -2.13. The maximum Gasteiger partial charge on any atom is 0.213 e. The van der Waals surface area contributed by atoms with Gasteiger partial charge in [0, 0.05) is 32.9 Å². The van der Waals surface area contributed by atoms with Gasteiger partial charge < -0.3 is 18.6 Å². The first-order valence-corrected chi connectivity index (χ1v) is 25.9. The number of hydrogen-bond acceptors (Lipinski definition) is 6. The Labute approximate surface area is 401 Å². The van der Waals surface area contributed by atoms with E-state index in [0.717, 1.165) is 77.6 Å². The molecule has 0 saturated heterocycles. The molecule has 0 spiro atoms. The number of aromatic nitrogens is 2. The van der Waals surface area contributed by atoms with Gasteiger partial charge in [-0.2, -0.15) is 0 Å². The van der Waals surface area contributed by atoms with Crippen LogP contribution in [-0.4, -0.2) is 26.0 Å². The van der Waals surface area contributed by atoms with E-state index < -0.39 is 19.7 Å². The van der Waals surface area contributed by atoms with Crippen LogP contribution in [0, 0.1) is 0 Å². The maximum absolute atomic E-state index is 14.7. The highest BCUT2D eigenvalue weighted by Gasteiger charge is 2.37. The molecule has 4 heterocycles. The predicted octanol–water partition coefficient (Wildman–Crippen LogP) is 14.7. The zero-order valence-electron chi connectivity index (χ0n) is 36.8. The number of ether oxygens (including phenoxy) is 2. The van der Waals surface area contributed by atoms with Crippen molar-refractivity contribution in [2.24, 2.45) is 0 Å². The molecule has 3 aliphatic rings. The van der Waals surface area contributed by atoms with E-state index in [-0.39, 0.29) is 42.6 Å². The summed E-state index contributed by atoms with van der Waals surface area (Å²) in [6, 6.07) is 66.7. The summed E-state index contributed by atoms with van der Waals surface area (Å²) < 4.78 is 75.7. The Morgan fingerprint density at radius 3 is 1.19 bits per heavy atom. The second-order valence-electron chi connectivity index (χ2n) is 18.0. The normalized spacial score (nSPS) is 14.4. The number of nitrogens with zero attached hydrogens (tertiary/aromatic N) is 2. The number of fused-ring (bicyclic) bond motifs is 18. The van der Waals surface area contributed by atoms with Crippen LogP contribution in [0.4, 0.5) is 0 Å². The third-order valence-corrected chi connectivity index (χ3v) is 17.9. The van der Waals surface area contributed by atoms with Crippen LogP contribution in [0.25, 0.3) is 99.5 Å². The minimum Gasteiger partial charge on any atom is -0.455 e. The Morgan fingerprint density at radius 2 is 0.643 bits per heavy atom. The Kier molecular flexibility index (Phi) is 7.83. The van der Waals surface area contributed by atoms with E-state index >= 15 is 0 Å². The molecule has 0 bridgehead atoms. The van der Waals surface area contributed by atoms with E-state index in [1.54, 1.807) is 60.7 Å². The Morgan fingerprint density at radius 1 is 0.271 bits per heavy atom.